The Hall–Kier alpha value is -1.86. The van der Waals surface area contributed by atoms with Gasteiger partial charge in [-0.2, -0.15) is 5.10 Å². The van der Waals surface area contributed by atoms with Crippen LogP contribution in [0.4, 0.5) is 0 Å². The summed E-state index contributed by atoms with van der Waals surface area (Å²) in [4.78, 5) is 11.9. The maximum Gasteiger partial charge on any atom is 0.244 e. The lowest BCUT2D eigenvalue weighted by molar-refractivity contribution is -0.120. The van der Waals surface area contributed by atoms with E-state index in [4.69, 9.17) is 4.74 Å². The lowest BCUT2D eigenvalue weighted by atomic mass is 10.1. The number of hydrogen-bond donors (Lipinski definition) is 2. The van der Waals surface area contributed by atoms with Crippen molar-refractivity contribution in [1.29, 1.82) is 0 Å². The maximum absolute atomic E-state index is 11.9. The molecule has 0 heterocycles. The van der Waals surface area contributed by atoms with Gasteiger partial charge in [-0.25, -0.2) is 5.43 Å². The number of phenols is 1. The van der Waals surface area contributed by atoms with E-state index < -0.39 is 0 Å². The quantitative estimate of drug-likeness (QED) is 0.510. The fraction of sp³-hybridized carbons (Fsp3) is 0.176. The average Bonchev–Trinajstić information content (AvgIpc) is 2.54. The van der Waals surface area contributed by atoms with Crippen molar-refractivity contribution in [1.82, 2.24) is 5.43 Å². The summed E-state index contributed by atoms with van der Waals surface area (Å²) in [7, 11) is 0. The largest absolute Gasteiger partial charge is 0.506 e. The third kappa shape index (κ3) is 5.35. The highest BCUT2D eigenvalue weighted by molar-refractivity contribution is 9.11. The molecule has 1 amide bonds. The Morgan fingerprint density at radius 1 is 1.25 bits per heavy atom. The standard InChI is InChI=1S/C17H16Br2N2O3/c1-2-24-13-5-3-11(4-6-13)9-16(22)21-20-10-12-7-14(18)17(23)15(19)8-12/h3-8,10,23H,2,9H2,1H3,(H,21,22)/b20-10+. The van der Waals surface area contributed by atoms with Crippen LogP contribution in [0, 0.1) is 0 Å². The number of hydrazone groups is 1. The highest BCUT2D eigenvalue weighted by atomic mass is 79.9. The molecule has 2 aromatic carbocycles. The molecule has 7 heteroatoms. The molecule has 0 unspecified atom stereocenters. The molecule has 5 nitrogen and oxygen atoms in total. The zero-order valence-corrected chi connectivity index (χ0v) is 16.1. The molecule has 24 heavy (non-hydrogen) atoms. The van der Waals surface area contributed by atoms with Gasteiger partial charge in [0.25, 0.3) is 0 Å². The molecular weight excluding hydrogens is 440 g/mol. The molecule has 0 atom stereocenters. The van der Waals surface area contributed by atoms with E-state index in [1.165, 1.54) is 6.21 Å². The van der Waals surface area contributed by atoms with Crippen LogP contribution < -0.4 is 10.2 Å². The minimum absolute atomic E-state index is 0.117. The van der Waals surface area contributed by atoms with Gasteiger partial charge in [-0.1, -0.05) is 12.1 Å². The molecule has 2 aromatic rings. The summed E-state index contributed by atoms with van der Waals surface area (Å²) in [5, 5.41) is 13.6. The van der Waals surface area contributed by atoms with Crippen LogP contribution in [0.25, 0.3) is 0 Å². The molecule has 126 valence electrons. The van der Waals surface area contributed by atoms with Gasteiger partial charge in [-0.15, -0.1) is 0 Å². The lowest BCUT2D eigenvalue weighted by Gasteiger charge is -2.04. The number of ether oxygens (including phenoxy) is 1. The lowest BCUT2D eigenvalue weighted by Crippen LogP contribution is -2.19. The van der Waals surface area contributed by atoms with Crippen LogP contribution in [-0.2, 0) is 11.2 Å². The molecule has 0 fully saturated rings. The number of halogens is 2. The molecular formula is C17H16Br2N2O3. The van der Waals surface area contributed by atoms with Crippen LogP contribution in [0.15, 0.2) is 50.4 Å². The third-order valence-corrected chi connectivity index (χ3v) is 4.25. The number of aromatic hydroxyl groups is 1. The first-order valence-corrected chi connectivity index (χ1v) is 8.80. The summed E-state index contributed by atoms with van der Waals surface area (Å²) < 4.78 is 6.44. The Kier molecular flexibility index (Phi) is 6.81. The van der Waals surface area contributed by atoms with E-state index >= 15 is 0 Å². The number of nitrogens with one attached hydrogen (secondary N) is 1. The highest BCUT2D eigenvalue weighted by Crippen LogP contribution is 2.32. The van der Waals surface area contributed by atoms with E-state index in [1.807, 2.05) is 31.2 Å². The highest BCUT2D eigenvalue weighted by Gasteiger charge is 2.05. The number of amides is 1. The molecule has 2 N–H and O–H groups in total. The molecule has 0 aliphatic heterocycles. The number of carbonyl (C=O) groups is 1. The Labute approximate surface area is 157 Å². The van der Waals surface area contributed by atoms with E-state index in [2.05, 4.69) is 42.4 Å². The average molecular weight is 456 g/mol. The van der Waals surface area contributed by atoms with Crippen molar-refractivity contribution in [2.24, 2.45) is 5.10 Å². The van der Waals surface area contributed by atoms with Crippen molar-refractivity contribution in [2.75, 3.05) is 6.61 Å². The van der Waals surface area contributed by atoms with Crippen molar-refractivity contribution in [3.05, 3.63) is 56.5 Å². The fourth-order valence-corrected chi connectivity index (χ4v) is 3.16. The molecule has 0 spiro atoms. The number of carbonyl (C=O) groups excluding carboxylic acids is 1. The van der Waals surface area contributed by atoms with Gasteiger partial charge in [0.2, 0.25) is 5.91 Å². The molecule has 0 aromatic heterocycles. The van der Waals surface area contributed by atoms with Gasteiger partial charge in [0.15, 0.2) is 0 Å². The topological polar surface area (TPSA) is 70.9 Å². The Morgan fingerprint density at radius 2 is 1.88 bits per heavy atom. The van der Waals surface area contributed by atoms with Gasteiger partial charge < -0.3 is 9.84 Å². The van der Waals surface area contributed by atoms with Crippen LogP contribution in [0.3, 0.4) is 0 Å². The molecule has 0 bridgehead atoms. The van der Waals surface area contributed by atoms with Crippen LogP contribution in [0.1, 0.15) is 18.1 Å². The van der Waals surface area contributed by atoms with Gasteiger partial charge >= 0.3 is 0 Å². The monoisotopic (exact) mass is 454 g/mol. The maximum atomic E-state index is 11.9. The number of hydrogen-bond acceptors (Lipinski definition) is 4. The first-order chi connectivity index (χ1) is 11.5. The van der Waals surface area contributed by atoms with E-state index in [1.54, 1.807) is 12.1 Å². The summed E-state index contributed by atoms with van der Waals surface area (Å²) in [6.45, 7) is 2.53. The molecule has 0 aliphatic carbocycles. The van der Waals surface area contributed by atoms with Gasteiger partial charge in [-0.3, -0.25) is 4.79 Å². The Bertz CT molecular complexity index is 723. The van der Waals surface area contributed by atoms with Crippen molar-refractivity contribution >= 4 is 44.0 Å². The number of benzene rings is 2. The van der Waals surface area contributed by atoms with E-state index in [9.17, 15) is 9.90 Å². The van der Waals surface area contributed by atoms with Gasteiger partial charge in [0.05, 0.1) is 28.2 Å². The molecule has 2 rings (SSSR count). The van der Waals surface area contributed by atoms with Crippen molar-refractivity contribution in [3.8, 4) is 11.5 Å². The fourth-order valence-electron chi connectivity index (χ4n) is 1.93. The van der Waals surface area contributed by atoms with Crippen molar-refractivity contribution in [3.63, 3.8) is 0 Å². The van der Waals surface area contributed by atoms with Crippen LogP contribution >= 0.6 is 31.9 Å². The summed E-state index contributed by atoms with van der Waals surface area (Å²) in [6.07, 6.45) is 1.73. The number of nitrogens with zero attached hydrogens (tertiary/aromatic N) is 1. The van der Waals surface area contributed by atoms with Crippen molar-refractivity contribution < 1.29 is 14.6 Å². The van der Waals surface area contributed by atoms with E-state index in [-0.39, 0.29) is 18.1 Å². The zero-order valence-electron chi connectivity index (χ0n) is 12.9. The van der Waals surface area contributed by atoms with E-state index in [0.717, 1.165) is 16.9 Å². The molecule has 0 saturated carbocycles. The molecule has 0 radical (unpaired) electrons. The smallest absolute Gasteiger partial charge is 0.244 e. The minimum Gasteiger partial charge on any atom is -0.506 e. The number of rotatable bonds is 6. The van der Waals surface area contributed by atoms with Gasteiger partial charge in [0.1, 0.15) is 11.5 Å². The summed E-state index contributed by atoms with van der Waals surface area (Å²) >= 11 is 6.48. The van der Waals surface area contributed by atoms with Gasteiger partial charge in [0, 0.05) is 0 Å². The second-order valence-electron chi connectivity index (χ2n) is 4.88. The predicted octanol–water partition coefficient (Wildman–Crippen LogP) is 4.01. The normalized spacial score (nSPS) is 10.8. The summed E-state index contributed by atoms with van der Waals surface area (Å²) in [6, 6.07) is 10.8. The molecule has 0 saturated heterocycles. The first kappa shape index (κ1) is 18.5. The Balaban J connectivity index is 1.90. The Morgan fingerprint density at radius 3 is 2.46 bits per heavy atom. The third-order valence-electron chi connectivity index (χ3n) is 3.04. The summed E-state index contributed by atoms with van der Waals surface area (Å²) in [5.41, 5.74) is 4.08. The second-order valence-corrected chi connectivity index (χ2v) is 6.59. The van der Waals surface area contributed by atoms with Gasteiger partial charge in [-0.05, 0) is 74.2 Å². The minimum atomic E-state index is -0.215. The SMILES string of the molecule is CCOc1ccc(CC(=O)N/N=C/c2cc(Br)c(O)c(Br)c2)cc1. The first-order valence-electron chi connectivity index (χ1n) is 7.21. The zero-order chi connectivity index (χ0) is 17.5. The van der Waals surface area contributed by atoms with E-state index in [0.29, 0.717) is 15.6 Å². The predicted molar refractivity (Wildman–Crippen MR) is 101 cm³/mol. The summed E-state index contributed by atoms with van der Waals surface area (Å²) in [5.74, 6) is 0.683. The number of phenolic OH excluding ortho intramolecular Hbond substituents is 1. The van der Waals surface area contributed by atoms with Crippen molar-refractivity contribution in [2.45, 2.75) is 13.3 Å². The van der Waals surface area contributed by atoms with Crippen LogP contribution in [0.2, 0.25) is 0 Å². The second kappa shape index (κ2) is 8.84. The van der Waals surface area contributed by atoms with Crippen LogP contribution in [-0.4, -0.2) is 23.8 Å². The van der Waals surface area contributed by atoms with Crippen LogP contribution in [0.5, 0.6) is 11.5 Å². The molecule has 0 aliphatic rings.